The normalized spacial score (nSPS) is 10.7. The van der Waals surface area contributed by atoms with Gasteiger partial charge in [-0.2, -0.15) is 0 Å². The Balaban J connectivity index is 1.93. The molecule has 0 atom stereocenters. The predicted octanol–water partition coefficient (Wildman–Crippen LogP) is 2.60. The van der Waals surface area contributed by atoms with E-state index < -0.39 is 0 Å². The molecule has 0 unspecified atom stereocenters. The summed E-state index contributed by atoms with van der Waals surface area (Å²) < 4.78 is 5.29. The molecule has 0 saturated carbocycles. The number of aryl methyl sites for hydroxylation is 1. The van der Waals surface area contributed by atoms with Crippen molar-refractivity contribution in [1.82, 2.24) is 10.3 Å². The van der Waals surface area contributed by atoms with E-state index >= 15 is 0 Å². The summed E-state index contributed by atoms with van der Waals surface area (Å²) in [6, 6.07) is 3.63. The first-order valence-electron chi connectivity index (χ1n) is 6.62. The number of hydrogen-bond acceptors (Lipinski definition) is 5. The number of carbonyl (C=O) groups excluding carboxylic acids is 1. The van der Waals surface area contributed by atoms with E-state index in [0.29, 0.717) is 18.0 Å². The number of hydrogen-bond donors (Lipinski definition) is 2. The number of nitrogens with zero attached hydrogens (tertiary/aromatic N) is 1. The fourth-order valence-corrected chi connectivity index (χ4v) is 2.69. The maximum absolute atomic E-state index is 12.0. The van der Waals surface area contributed by atoms with E-state index in [1.807, 2.05) is 13.0 Å². The molecule has 0 spiro atoms. The molecule has 0 aliphatic rings. The number of aliphatic hydroxyl groups is 1. The van der Waals surface area contributed by atoms with Crippen LogP contribution in [0, 0.1) is 6.92 Å². The molecule has 0 bridgehead atoms. The summed E-state index contributed by atoms with van der Waals surface area (Å²) in [5, 5.41) is 12.2. The lowest BCUT2D eigenvalue weighted by atomic mass is 10.2. The van der Waals surface area contributed by atoms with E-state index in [9.17, 15) is 4.79 Å². The number of aromatic nitrogens is 1. The molecule has 0 radical (unpaired) electrons. The van der Waals surface area contributed by atoms with Gasteiger partial charge in [-0.05, 0) is 38.3 Å². The van der Waals surface area contributed by atoms with Crippen molar-refractivity contribution in [1.29, 1.82) is 0 Å². The second kappa shape index (κ2) is 7.21. The standard InChI is InChI=1S/C14H18N2O3S/c1-10-12(13(18)15-7-3-2-4-8-17)16-14(20-10)11-6-5-9-19-11/h5-6,9,17H,2-4,7-8H2,1H3,(H,15,18). The van der Waals surface area contributed by atoms with Crippen molar-refractivity contribution in [2.75, 3.05) is 13.2 Å². The summed E-state index contributed by atoms with van der Waals surface area (Å²) in [6.07, 6.45) is 4.13. The monoisotopic (exact) mass is 294 g/mol. The Bertz CT molecular complexity index is 549. The van der Waals surface area contributed by atoms with Gasteiger partial charge in [0.25, 0.3) is 5.91 Å². The minimum Gasteiger partial charge on any atom is -0.462 e. The van der Waals surface area contributed by atoms with Crippen molar-refractivity contribution in [2.45, 2.75) is 26.2 Å². The molecule has 5 nitrogen and oxygen atoms in total. The van der Waals surface area contributed by atoms with Crippen molar-refractivity contribution in [3.63, 3.8) is 0 Å². The highest BCUT2D eigenvalue weighted by atomic mass is 32.1. The van der Waals surface area contributed by atoms with Crippen LogP contribution in [-0.4, -0.2) is 29.1 Å². The third-order valence-corrected chi connectivity index (χ3v) is 3.85. The zero-order valence-corrected chi connectivity index (χ0v) is 12.2. The molecular weight excluding hydrogens is 276 g/mol. The Kier molecular flexibility index (Phi) is 5.31. The van der Waals surface area contributed by atoms with Crippen LogP contribution in [0.1, 0.15) is 34.6 Å². The molecule has 2 aromatic heterocycles. The van der Waals surface area contributed by atoms with Crippen LogP contribution in [0.4, 0.5) is 0 Å². The number of thiazole rings is 1. The number of nitrogens with one attached hydrogen (secondary N) is 1. The van der Waals surface area contributed by atoms with E-state index in [2.05, 4.69) is 10.3 Å². The second-order valence-electron chi connectivity index (χ2n) is 4.44. The molecule has 0 aliphatic carbocycles. The number of aliphatic hydroxyl groups excluding tert-OH is 1. The first-order valence-corrected chi connectivity index (χ1v) is 7.44. The van der Waals surface area contributed by atoms with Gasteiger partial charge in [0.1, 0.15) is 5.69 Å². The van der Waals surface area contributed by atoms with Gasteiger partial charge in [0.2, 0.25) is 0 Å². The number of rotatable bonds is 7. The van der Waals surface area contributed by atoms with Gasteiger partial charge >= 0.3 is 0 Å². The van der Waals surface area contributed by atoms with Gasteiger partial charge in [-0.15, -0.1) is 11.3 Å². The predicted molar refractivity (Wildman–Crippen MR) is 77.8 cm³/mol. The summed E-state index contributed by atoms with van der Waals surface area (Å²) in [7, 11) is 0. The second-order valence-corrected chi connectivity index (χ2v) is 5.64. The summed E-state index contributed by atoms with van der Waals surface area (Å²) in [5.74, 6) is 0.528. The zero-order chi connectivity index (χ0) is 14.4. The first kappa shape index (κ1) is 14.7. The van der Waals surface area contributed by atoms with Gasteiger partial charge in [0, 0.05) is 18.0 Å². The van der Waals surface area contributed by atoms with Crippen LogP contribution in [-0.2, 0) is 0 Å². The Labute approximate surface area is 121 Å². The van der Waals surface area contributed by atoms with Crippen LogP contribution in [0.5, 0.6) is 0 Å². The van der Waals surface area contributed by atoms with E-state index in [4.69, 9.17) is 9.52 Å². The van der Waals surface area contributed by atoms with Gasteiger partial charge in [-0.1, -0.05) is 0 Å². The van der Waals surface area contributed by atoms with E-state index in [1.165, 1.54) is 11.3 Å². The molecule has 2 rings (SSSR count). The lowest BCUT2D eigenvalue weighted by Crippen LogP contribution is -2.25. The molecule has 2 heterocycles. The van der Waals surface area contributed by atoms with Crippen molar-refractivity contribution in [3.05, 3.63) is 29.0 Å². The summed E-state index contributed by atoms with van der Waals surface area (Å²) in [6.45, 7) is 2.68. The number of furan rings is 1. The maximum atomic E-state index is 12.0. The third-order valence-electron chi connectivity index (χ3n) is 2.86. The maximum Gasteiger partial charge on any atom is 0.271 e. The molecule has 20 heavy (non-hydrogen) atoms. The average Bonchev–Trinajstić information content (AvgIpc) is 3.07. The average molecular weight is 294 g/mol. The van der Waals surface area contributed by atoms with Crippen LogP contribution in [0.15, 0.2) is 22.8 Å². The van der Waals surface area contributed by atoms with E-state index in [1.54, 1.807) is 12.3 Å². The lowest BCUT2D eigenvalue weighted by molar-refractivity contribution is 0.0948. The van der Waals surface area contributed by atoms with Gasteiger partial charge in [0.15, 0.2) is 10.8 Å². The molecule has 2 N–H and O–H groups in total. The van der Waals surface area contributed by atoms with E-state index in [0.717, 1.165) is 29.1 Å². The first-order chi connectivity index (χ1) is 9.72. The van der Waals surface area contributed by atoms with Crippen molar-refractivity contribution >= 4 is 17.2 Å². The molecule has 1 amide bonds. The topological polar surface area (TPSA) is 75.4 Å². The summed E-state index contributed by atoms with van der Waals surface area (Å²) >= 11 is 1.45. The Morgan fingerprint density at radius 3 is 3.00 bits per heavy atom. The molecule has 6 heteroatoms. The molecular formula is C14H18N2O3S. The van der Waals surface area contributed by atoms with E-state index in [-0.39, 0.29) is 12.5 Å². The number of carbonyl (C=O) groups is 1. The fraction of sp³-hybridized carbons (Fsp3) is 0.429. The van der Waals surface area contributed by atoms with Gasteiger partial charge < -0.3 is 14.8 Å². The fourth-order valence-electron chi connectivity index (χ4n) is 1.81. The number of amides is 1. The highest BCUT2D eigenvalue weighted by molar-refractivity contribution is 7.15. The van der Waals surface area contributed by atoms with Crippen molar-refractivity contribution < 1.29 is 14.3 Å². The van der Waals surface area contributed by atoms with Gasteiger partial charge in [-0.3, -0.25) is 4.79 Å². The Morgan fingerprint density at radius 2 is 2.30 bits per heavy atom. The smallest absolute Gasteiger partial charge is 0.271 e. The molecule has 0 fully saturated rings. The largest absolute Gasteiger partial charge is 0.462 e. The summed E-state index contributed by atoms with van der Waals surface area (Å²) in [4.78, 5) is 17.3. The molecule has 108 valence electrons. The van der Waals surface area contributed by atoms with Gasteiger partial charge in [-0.25, -0.2) is 4.98 Å². The third kappa shape index (κ3) is 3.68. The van der Waals surface area contributed by atoms with Crippen molar-refractivity contribution in [2.24, 2.45) is 0 Å². The van der Waals surface area contributed by atoms with Crippen LogP contribution < -0.4 is 5.32 Å². The lowest BCUT2D eigenvalue weighted by Gasteiger charge is -2.03. The number of unbranched alkanes of at least 4 members (excludes halogenated alkanes) is 2. The van der Waals surface area contributed by atoms with Crippen LogP contribution >= 0.6 is 11.3 Å². The minimum atomic E-state index is -0.152. The molecule has 0 saturated heterocycles. The molecule has 0 aromatic carbocycles. The minimum absolute atomic E-state index is 0.152. The SMILES string of the molecule is Cc1sc(-c2ccco2)nc1C(=O)NCCCCCO. The Hall–Kier alpha value is -1.66. The van der Waals surface area contributed by atoms with Crippen LogP contribution in [0.3, 0.4) is 0 Å². The summed E-state index contributed by atoms with van der Waals surface area (Å²) in [5.41, 5.74) is 0.462. The quantitative estimate of drug-likeness (QED) is 0.770. The molecule has 0 aliphatic heterocycles. The Morgan fingerprint density at radius 1 is 1.45 bits per heavy atom. The molecule has 2 aromatic rings. The highest BCUT2D eigenvalue weighted by Crippen LogP contribution is 2.27. The highest BCUT2D eigenvalue weighted by Gasteiger charge is 2.16. The van der Waals surface area contributed by atoms with Crippen molar-refractivity contribution in [3.8, 4) is 10.8 Å². The zero-order valence-electron chi connectivity index (χ0n) is 11.4. The van der Waals surface area contributed by atoms with Crippen LogP contribution in [0.25, 0.3) is 10.8 Å². The van der Waals surface area contributed by atoms with Gasteiger partial charge in [0.05, 0.1) is 6.26 Å². The van der Waals surface area contributed by atoms with Crippen LogP contribution in [0.2, 0.25) is 0 Å².